The van der Waals surface area contributed by atoms with Crippen molar-refractivity contribution in [2.75, 3.05) is 31.1 Å². The van der Waals surface area contributed by atoms with Crippen LogP contribution in [0.3, 0.4) is 0 Å². The highest BCUT2D eigenvalue weighted by atomic mass is 32.2. The smallest absolute Gasteiger partial charge is 0.219 e. The molecule has 3 rings (SSSR count). The molecule has 18 heavy (non-hydrogen) atoms. The van der Waals surface area contributed by atoms with E-state index in [2.05, 4.69) is 4.98 Å². The number of rotatable bonds is 3. The summed E-state index contributed by atoms with van der Waals surface area (Å²) in [5.74, 6) is 2.61. The topological polar surface area (TPSA) is 37.3 Å². The van der Waals surface area contributed by atoms with Gasteiger partial charge in [-0.2, -0.15) is 11.8 Å². The van der Waals surface area contributed by atoms with E-state index in [1.54, 1.807) is 0 Å². The number of thioether (sulfide) groups is 1. The van der Waals surface area contributed by atoms with Gasteiger partial charge in [-0.1, -0.05) is 18.2 Å². The van der Waals surface area contributed by atoms with Crippen LogP contribution >= 0.6 is 11.8 Å². The number of H-pyrrole nitrogens is 1. The number of quaternary nitrogens is 1. The summed E-state index contributed by atoms with van der Waals surface area (Å²) in [6.07, 6.45) is 1.85. The highest BCUT2D eigenvalue weighted by Gasteiger charge is 2.20. The Hall–Kier alpha value is -1.26. The molecule has 1 fully saturated rings. The van der Waals surface area contributed by atoms with Crippen LogP contribution in [0.1, 0.15) is 10.4 Å². The van der Waals surface area contributed by atoms with E-state index in [4.69, 9.17) is 0 Å². The van der Waals surface area contributed by atoms with Gasteiger partial charge >= 0.3 is 0 Å². The maximum atomic E-state index is 12.3. The van der Waals surface area contributed by atoms with Crippen molar-refractivity contribution in [3.05, 3.63) is 36.0 Å². The molecule has 94 valence electrons. The molecule has 1 saturated heterocycles. The predicted octanol–water partition coefficient (Wildman–Crippen LogP) is 0.982. The van der Waals surface area contributed by atoms with Crippen molar-refractivity contribution in [3.63, 3.8) is 0 Å². The second-order valence-corrected chi connectivity index (χ2v) is 5.94. The van der Waals surface area contributed by atoms with Crippen molar-refractivity contribution >= 4 is 28.4 Å². The Labute approximate surface area is 111 Å². The number of benzene rings is 1. The second-order valence-electron chi connectivity index (χ2n) is 4.71. The van der Waals surface area contributed by atoms with Crippen LogP contribution in [0, 0.1) is 0 Å². The molecule has 0 saturated carbocycles. The third kappa shape index (κ3) is 2.31. The van der Waals surface area contributed by atoms with E-state index >= 15 is 0 Å². The first-order valence-corrected chi connectivity index (χ1v) is 7.51. The van der Waals surface area contributed by atoms with Gasteiger partial charge in [0.2, 0.25) is 5.78 Å². The molecule has 3 nitrogen and oxygen atoms in total. The average Bonchev–Trinajstić information content (AvgIpc) is 2.84. The third-order valence-electron chi connectivity index (χ3n) is 3.50. The Morgan fingerprint density at radius 1 is 1.28 bits per heavy atom. The van der Waals surface area contributed by atoms with E-state index in [1.807, 2.05) is 42.2 Å². The monoisotopic (exact) mass is 261 g/mol. The van der Waals surface area contributed by atoms with Gasteiger partial charge in [0, 0.05) is 34.2 Å². The number of aromatic amines is 1. The number of fused-ring (bicyclic) bond motifs is 1. The lowest BCUT2D eigenvalue weighted by atomic mass is 10.1. The van der Waals surface area contributed by atoms with Crippen molar-refractivity contribution in [1.29, 1.82) is 0 Å². The van der Waals surface area contributed by atoms with E-state index in [-0.39, 0.29) is 5.78 Å². The van der Waals surface area contributed by atoms with Crippen molar-refractivity contribution < 1.29 is 9.69 Å². The van der Waals surface area contributed by atoms with Gasteiger partial charge in [-0.3, -0.25) is 4.79 Å². The fourth-order valence-electron chi connectivity index (χ4n) is 2.46. The van der Waals surface area contributed by atoms with E-state index in [0.29, 0.717) is 6.54 Å². The number of ketones is 1. The van der Waals surface area contributed by atoms with E-state index in [9.17, 15) is 4.79 Å². The molecule has 1 aromatic heterocycles. The Kier molecular flexibility index (Phi) is 3.39. The molecular formula is C14H17N2OS+. The lowest BCUT2D eigenvalue weighted by Crippen LogP contribution is -3.14. The first-order chi connectivity index (χ1) is 8.84. The van der Waals surface area contributed by atoms with Crippen molar-refractivity contribution in [2.24, 2.45) is 0 Å². The number of Topliss-reactive ketones (excluding diaryl/α,β-unsaturated/α-hetero) is 1. The fraction of sp³-hybridized carbons (Fsp3) is 0.357. The zero-order valence-corrected chi connectivity index (χ0v) is 11.1. The van der Waals surface area contributed by atoms with Crippen molar-refractivity contribution in [3.8, 4) is 0 Å². The molecule has 2 N–H and O–H groups in total. The highest BCUT2D eigenvalue weighted by Crippen LogP contribution is 2.17. The van der Waals surface area contributed by atoms with Crippen molar-refractivity contribution in [2.45, 2.75) is 0 Å². The first-order valence-electron chi connectivity index (χ1n) is 6.35. The van der Waals surface area contributed by atoms with Gasteiger partial charge in [0.25, 0.3) is 0 Å². The predicted molar refractivity (Wildman–Crippen MR) is 75.5 cm³/mol. The van der Waals surface area contributed by atoms with Crippen LogP contribution in [0.25, 0.3) is 10.9 Å². The molecule has 1 aromatic carbocycles. The minimum atomic E-state index is 0.259. The molecule has 0 radical (unpaired) electrons. The summed E-state index contributed by atoms with van der Waals surface area (Å²) in [6.45, 7) is 2.85. The number of hydrogen-bond donors (Lipinski definition) is 2. The SMILES string of the molecule is O=C(C[NH+]1CCSCC1)c1c[nH]c2ccccc12. The fourth-order valence-corrected chi connectivity index (χ4v) is 3.53. The number of nitrogens with one attached hydrogen (secondary N) is 2. The summed E-state index contributed by atoms with van der Waals surface area (Å²) < 4.78 is 0. The zero-order chi connectivity index (χ0) is 12.4. The molecule has 0 spiro atoms. The van der Waals surface area contributed by atoms with Gasteiger partial charge in [-0.05, 0) is 6.07 Å². The molecule has 0 aliphatic carbocycles. The summed E-state index contributed by atoms with van der Waals surface area (Å²) in [4.78, 5) is 16.9. The minimum absolute atomic E-state index is 0.259. The normalized spacial score (nSPS) is 17.1. The lowest BCUT2D eigenvalue weighted by molar-refractivity contribution is -0.887. The largest absolute Gasteiger partial charge is 0.360 e. The van der Waals surface area contributed by atoms with E-state index in [0.717, 1.165) is 29.6 Å². The van der Waals surface area contributed by atoms with Gasteiger partial charge < -0.3 is 9.88 Å². The van der Waals surface area contributed by atoms with E-state index in [1.165, 1.54) is 16.4 Å². The van der Waals surface area contributed by atoms with Crippen LogP contribution in [-0.4, -0.2) is 41.9 Å². The van der Waals surface area contributed by atoms with Crippen LogP contribution in [-0.2, 0) is 0 Å². The second kappa shape index (κ2) is 5.16. The minimum Gasteiger partial charge on any atom is -0.360 e. The molecule has 2 aromatic rings. The standard InChI is InChI=1S/C14H16N2OS/c17-14(10-16-5-7-18-8-6-16)12-9-15-13-4-2-1-3-11(12)13/h1-4,9,15H,5-8,10H2/p+1. The summed E-state index contributed by atoms with van der Waals surface area (Å²) in [5.41, 5.74) is 1.89. The van der Waals surface area contributed by atoms with Crippen LogP contribution in [0.4, 0.5) is 0 Å². The van der Waals surface area contributed by atoms with Gasteiger partial charge in [-0.15, -0.1) is 0 Å². The van der Waals surface area contributed by atoms with Crippen LogP contribution < -0.4 is 4.90 Å². The molecule has 0 unspecified atom stereocenters. The summed E-state index contributed by atoms with van der Waals surface area (Å²) in [5, 5.41) is 1.05. The maximum Gasteiger partial charge on any atom is 0.219 e. The number of carbonyl (C=O) groups excluding carboxylic acids is 1. The third-order valence-corrected chi connectivity index (χ3v) is 4.49. The molecule has 0 amide bonds. The Bertz CT molecular complexity index is 558. The highest BCUT2D eigenvalue weighted by molar-refractivity contribution is 7.99. The number of aromatic nitrogens is 1. The summed E-state index contributed by atoms with van der Waals surface area (Å²) in [6, 6.07) is 7.99. The van der Waals surface area contributed by atoms with Gasteiger partial charge in [0.1, 0.15) is 6.54 Å². The quantitative estimate of drug-likeness (QED) is 0.808. The van der Waals surface area contributed by atoms with Crippen LogP contribution in [0.2, 0.25) is 0 Å². The van der Waals surface area contributed by atoms with E-state index < -0.39 is 0 Å². The molecule has 0 atom stereocenters. The zero-order valence-electron chi connectivity index (χ0n) is 10.2. The van der Waals surface area contributed by atoms with Crippen molar-refractivity contribution in [1.82, 2.24) is 4.98 Å². The molecule has 2 heterocycles. The summed E-state index contributed by atoms with van der Waals surface area (Å²) in [7, 11) is 0. The van der Waals surface area contributed by atoms with Gasteiger partial charge in [-0.25, -0.2) is 0 Å². The Morgan fingerprint density at radius 3 is 2.89 bits per heavy atom. The number of para-hydroxylation sites is 1. The maximum absolute atomic E-state index is 12.3. The molecule has 1 aliphatic heterocycles. The van der Waals surface area contributed by atoms with Crippen LogP contribution in [0.5, 0.6) is 0 Å². The first kappa shape index (κ1) is 11.8. The average molecular weight is 261 g/mol. The molecule has 0 bridgehead atoms. The van der Waals surface area contributed by atoms with Crippen LogP contribution in [0.15, 0.2) is 30.5 Å². The molecule has 1 aliphatic rings. The molecular weight excluding hydrogens is 244 g/mol. The Morgan fingerprint density at radius 2 is 2.06 bits per heavy atom. The molecule has 4 heteroatoms. The number of carbonyl (C=O) groups is 1. The number of hydrogen-bond acceptors (Lipinski definition) is 2. The van der Waals surface area contributed by atoms with Gasteiger partial charge in [0.15, 0.2) is 0 Å². The lowest BCUT2D eigenvalue weighted by Gasteiger charge is -2.22. The Balaban J connectivity index is 1.79. The van der Waals surface area contributed by atoms with Gasteiger partial charge in [0.05, 0.1) is 13.1 Å². The summed E-state index contributed by atoms with van der Waals surface area (Å²) >= 11 is 1.99.